The van der Waals surface area contributed by atoms with Gasteiger partial charge in [0, 0.05) is 13.6 Å². The Balaban J connectivity index is 2.73. The third kappa shape index (κ3) is 4.81. The maximum atomic E-state index is 9.17. The fraction of sp³-hybridized carbons (Fsp3) is 0.700. The Morgan fingerprint density at radius 1 is 1.29 bits per heavy atom. The molecule has 7 heteroatoms. The van der Waals surface area contributed by atoms with Crippen LogP contribution in [0.25, 0.3) is 0 Å². The van der Waals surface area contributed by atoms with Gasteiger partial charge in [-0.1, -0.05) is 6.92 Å². The number of rotatable bonds is 7. The first-order chi connectivity index (χ1) is 8.15. The van der Waals surface area contributed by atoms with Crippen LogP contribution in [0.3, 0.4) is 0 Å². The van der Waals surface area contributed by atoms with E-state index in [-0.39, 0.29) is 6.01 Å². The van der Waals surface area contributed by atoms with E-state index in [1.165, 1.54) is 0 Å². The Kier molecular flexibility index (Phi) is 5.41. The van der Waals surface area contributed by atoms with Gasteiger partial charge in [-0.3, -0.25) is 0 Å². The summed E-state index contributed by atoms with van der Waals surface area (Å²) in [5.74, 6) is 0.815. The molecule has 0 amide bonds. The van der Waals surface area contributed by atoms with E-state index in [0.717, 1.165) is 6.42 Å². The Hall–Kier alpha value is -1.63. The molecule has 1 aromatic heterocycles. The third-order valence-corrected chi connectivity index (χ3v) is 1.83. The Labute approximate surface area is 101 Å². The van der Waals surface area contributed by atoms with Crippen molar-refractivity contribution < 1.29 is 9.84 Å². The minimum atomic E-state index is -0.468. The summed E-state index contributed by atoms with van der Waals surface area (Å²) >= 11 is 0. The molecule has 3 N–H and O–H groups in total. The molecule has 0 saturated heterocycles. The monoisotopic (exact) mass is 241 g/mol. The lowest BCUT2D eigenvalue weighted by molar-refractivity contribution is 0.208. The fourth-order valence-electron chi connectivity index (χ4n) is 1.04. The fourth-order valence-corrected chi connectivity index (χ4v) is 1.04. The van der Waals surface area contributed by atoms with Gasteiger partial charge in [-0.25, -0.2) is 0 Å². The standard InChI is InChI=1S/C10H19N5O2/c1-4-5-17-10-14-8(11-3)13-9(15-10)12-6-7(2)16/h7,16H,4-6H2,1-3H3,(H2,11,12,13,14,15). The van der Waals surface area contributed by atoms with Gasteiger partial charge in [-0.2, -0.15) is 15.0 Å². The Bertz CT molecular complexity index is 345. The molecule has 0 radical (unpaired) electrons. The zero-order valence-corrected chi connectivity index (χ0v) is 10.4. The van der Waals surface area contributed by atoms with Gasteiger partial charge in [-0.05, 0) is 13.3 Å². The van der Waals surface area contributed by atoms with Crippen molar-refractivity contribution in [3.63, 3.8) is 0 Å². The predicted molar refractivity (Wildman–Crippen MR) is 65.3 cm³/mol. The molecule has 0 aromatic carbocycles. The summed E-state index contributed by atoms with van der Waals surface area (Å²) in [7, 11) is 1.72. The highest BCUT2D eigenvalue weighted by Crippen LogP contribution is 2.10. The average Bonchev–Trinajstić information content (AvgIpc) is 2.33. The van der Waals surface area contributed by atoms with E-state index >= 15 is 0 Å². The molecule has 1 aromatic rings. The number of hydrogen-bond acceptors (Lipinski definition) is 7. The van der Waals surface area contributed by atoms with Crippen LogP contribution in [0.15, 0.2) is 0 Å². The first-order valence-electron chi connectivity index (χ1n) is 5.64. The van der Waals surface area contributed by atoms with Crippen LogP contribution in [0.1, 0.15) is 20.3 Å². The van der Waals surface area contributed by atoms with E-state index in [9.17, 15) is 5.11 Å². The molecular weight excluding hydrogens is 222 g/mol. The van der Waals surface area contributed by atoms with Crippen LogP contribution in [0.2, 0.25) is 0 Å². The number of aromatic nitrogens is 3. The smallest absolute Gasteiger partial charge is 0.323 e. The molecule has 0 saturated carbocycles. The van der Waals surface area contributed by atoms with Crippen molar-refractivity contribution in [2.75, 3.05) is 30.8 Å². The van der Waals surface area contributed by atoms with Crippen molar-refractivity contribution in [2.45, 2.75) is 26.4 Å². The summed E-state index contributed by atoms with van der Waals surface area (Å²) in [6, 6.07) is 0.277. The molecule has 0 aliphatic carbocycles. The van der Waals surface area contributed by atoms with Crippen molar-refractivity contribution in [1.29, 1.82) is 0 Å². The number of aliphatic hydroxyl groups excluding tert-OH is 1. The van der Waals surface area contributed by atoms with Crippen LogP contribution >= 0.6 is 0 Å². The molecule has 1 rings (SSSR count). The molecule has 1 heterocycles. The van der Waals surface area contributed by atoms with E-state index in [1.54, 1.807) is 14.0 Å². The Morgan fingerprint density at radius 3 is 2.59 bits per heavy atom. The summed E-state index contributed by atoms with van der Waals surface area (Å²) in [4.78, 5) is 12.2. The van der Waals surface area contributed by atoms with Crippen LogP contribution < -0.4 is 15.4 Å². The zero-order valence-electron chi connectivity index (χ0n) is 10.4. The van der Waals surface area contributed by atoms with Crippen LogP contribution in [-0.4, -0.2) is 46.4 Å². The summed E-state index contributed by atoms with van der Waals surface area (Å²) < 4.78 is 5.34. The third-order valence-electron chi connectivity index (χ3n) is 1.83. The summed E-state index contributed by atoms with van der Waals surface area (Å²) in [6.07, 6.45) is 0.418. The van der Waals surface area contributed by atoms with E-state index in [4.69, 9.17) is 4.74 Å². The van der Waals surface area contributed by atoms with Crippen LogP contribution in [0.4, 0.5) is 11.9 Å². The van der Waals surface area contributed by atoms with Gasteiger partial charge in [0.15, 0.2) is 0 Å². The van der Waals surface area contributed by atoms with E-state index in [2.05, 4.69) is 25.6 Å². The molecule has 7 nitrogen and oxygen atoms in total. The van der Waals surface area contributed by atoms with Gasteiger partial charge >= 0.3 is 6.01 Å². The van der Waals surface area contributed by atoms with E-state index in [1.807, 2.05) is 6.92 Å². The lowest BCUT2D eigenvalue weighted by Gasteiger charge is -2.09. The first-order valence-corrected chi connectivity index (χ1v) is 5.64. The molecule has 1 atom stereocenters. The summed E-state index contributed by atoms with van der Waals surface area (Å²) in [6.45, 7) is 4.62. The molecular formula is C10H19N5O2. The van der Waals surface area contributed by atoms with Gasteiger partial charge in [0.1, 0.15) is 0 Å². The summed E-state index contributed by atoms with van der Waals surface area (Å²) in [5, 5.41) is 14.9. The van der Waals surface area contributed by atoms with Gasteiger partial charge in [-0.15, -0.1) is 0 Å². The highest BCUT2D eigenvalue weighted by atomic mass is 16.5. The van der Waals surface area contributed by atoms with Gasteiger partial charge < -0.3 is 20.5 Å². The lowest BCUT2D eigenvalue weighted by Crippen LogP contribution is -2.18. The van der Waals surface area contributed by atoms with Gasteiger partial charge in [0.2, 0.25) is 11.9 Å². The minimum absolute atomic E-state index is 0.277. The second-order valence-corrected chi connectivity index (χ2v) is 3.59. The molecule has 0 fully saturated rings. The van der Waals surface area contributed by atoms with Crippen molar-refractivity contribution in [1.82, 2.24) is 15.0 Å². The maximum absolute atomic E-state index is 9.17. The van der Waals surface area contributed by atoms with Crippen molar-refractivity contribution in [3.05, 3.63) is 0 Å². The van der Waals surface area contributed by atoms with Crippen molar-refractivity contribution in [3.8, 4) is 6.01 Å². The largest absolute Gasteiger partial charge is 0.463 e. The summed E-state index contributed by atoms with van der Waals surface area (Å²) in [5.41, 5.74) is 0. The number of ether oxygens (including phenoxy) is 1. The van der Waals surface area contributed by atoms with E-state index in [0.29, 0.717) is 25.0 Å². The lowest BCUT2D eigenvalue weighted by atomic mass is 10.4. The molecule has 0 aliphatic heterocycles. The molecule has 1 unspecified atom stereocenters. The topological polar surface area (TPSA) is 92.2 Å². The quantitative estimate of drug-likeness (QED) is 0.640. The highest BCUT2D eigenvalue weighted by Gasteiger charge is 2.06. The average molecular weight is 241 g/mol. The van der Waals surface area contributed by atoms with E-state index < -0.39 is 6.10 Å². The number of hydrogen-bond donors (Lipinski definition) is 3. The maximum Gasteiger partial charge on any atom is 0.323 e. The second-order valence-electron chi connectivity index (χ2n) is 3.59. The van der Waals surface area contributed by atoms with Crippen LogP contribution in [0, 0.1) is 0 Å². The van der Waals surface area contributed by atoms with Crippen LogP contribution in [-0.2, 0) is 0 Å². The molecule has 0 bridgehead atoms. The minimum Gasteiger partial charge on any atom is -0.463 e. The van der Waals surface area contributed by atoms with Crippen molar-refractivity contribution >= 4 is 11.9 Å². The van der Waals surface area contributed by atoms with Crippen LogP contribution in [0.5, 0.6) is 6.01 Å². The molecule has 0 spiro atoms. The van der Waals surface area contributed by atoms with Gasteiger partial charge in [0.05, 0.1) is 12.7 Å². The SMILES string of the molecule is CCCOc1nc(NC)nc(NCC(C)O)n1. The Morgan fingerprint density at radius 2 is 2.00 bits per heavy atom. The van der Waals surface area contributed by atoms with Crippen molar-refractivity contribution in [2.24, 2.45) is 0 Å². The molecule has 17 heavy (non-hydrogen) atoms. The number of nitrogens with one attached hydrogen (secondary N) is 2. The predicted octanol–water partition coefficient (Wildman–Crippen LogP) is 0.495. The number of nitrogens with zero attached hydrogens (tertiary/aromatic N) is 3. The highest BCUT2D eigenvalue weighted by molar-refractivity contribution is 5.35. The van der Waals surface area contributed by atoms with Gasteiger partial charge in [0.25, 0.3) is 0 Å². The first kappa shape index (κ1) is 13.4. The zero-order chi connectivity index (χ0) is 12.7. The second kappa shape index (κ2) is 6.85. The molecule has 96 valence electrons. The number of anilines is 2. The normalized spacial score (nSPS) is 12.0. The number of aliphatic hydroxyl groups is 1. The molecule has 0 aliphatic rings.